The van der Waals surface area contributed by atoms with E-state index in [2.05, 4.69) is 0 Å². The molecule has 3 rings (SSSR count). The first-order chi connectivity index (χ1) is 11.5. The van der Waals surface area contributed by atoms with Gasteiger partial charge in [0.2, 0.25) is 0 Å². The summed E-state index contributed by atoms with van der Waals surface area (Å²) in [5.41, 5.74) is 1.36. The van der Waals surface area contributed by atoms with Crippen molar-refractivity contribution < 1.29 is 9.59 Å². The Hall–Kier alpha value is -1.75. The van der Waals surface area contributed by atoms with Gasteiger partial charge in [0.1, 0.15) is 0 Å². The summed E-state index contributed by atoms with van der Waals surface area (Å²) in [4.78, 5) is 27.7. The second-order valence-electron chi connectivity index (χ2n) is 5.38. The molecule has 2 aromatic rings. The highest BCUT2D eigenvalue weighted by atomic mass is 35.5. The minimum atomic E-state index is -0.612. The number of hydrogen-bond acceptors (Lipinski definition) is 2. The monoisotopic (exact) mass is 382 g/mol. The molecule has 0 atom stereocenters. The van der Waals surface area contributed by atoms with Crippen molar-refractivity contribution in [3.8, 4) is 0 Å². The number of carbonyl (C=O) groups excluding carboxylic acids is 2. The van der Waals surface area contributed by atoms with Crippen LogP contribution in [0.3, 0.4) is 0 Å². The molecule has 0 aromatic heterocycles. The van der Waals surface area contributed by atoms with Gasteiger partial charge in [-0.2, -0.15) is 0 Å². The summed E-state index contributed by atoms with van der Waals surface area (Å²) in [5.74, 6) is -1.17. The maximum Gasteiger partial charge on any atom is 0.316 e. The van der Waals surface area contributed by atoms with Crippen LogP contribution in [0.4, 0.5) is 5.69 Å². The van der Waals surface area contributed by atoms with E-state index in [0.29, 0.717) is 35.4 Å². The average molecular weight is 384 g/mol. The smallest absolute Gasteiger partial charge is 0.316 e. The van der Waals surface area contributed by atoms with Gasteiger partial charge >= 0.3 is 11.8 Å². The molecule has 4 nitrogen and oxygen atoms in total. The number of carbonyl (C=O) groups is 2. The lowest BCUT2D eigenvalue weighted by molar-refractivity contribution is -0.146. The first kappa shape index (κ1) is 17.1. The van der Waals surface area contributed by atoms with Crippen LogP contribution < -0.4 is 4.90 Å². The maximum atomic E-state index is 12.5. The van der Waals surface area contributed by atoms with Crippen LogP contribution in [0.15, 0.2) is 42.5 Å². The minimum absolute atomic E-state index is 0.270. The van der Waals surface area contributed by atoms with Crippen LogP contribution in [0, 0.1) is 0 Å². The number of rotatable bonds is 3. The molecule has 0 spiro atoms. The summed E-state index contributed by atoms with van der Waals surface area (Å²) in [6, 6.07) is 12.2. The lowest BCUT2D eigenvalue weighted by atomic mass is 10.1. The van der Waals surface area contributed by atoms with Gasteiger partial charge in [-0.15, -0.1) is 0 Å². The van der Waals surface area contributed by atoms with E-state index in [0.717, 1.165) is 5.56 Å². The minimum Gasteiger partial charge on any atom is -0.328 e. The fourth-order valence-corrected chi connectivity index (χ4v) is 3.09. The molecule has 1 aliphatic rings. The summed E-state index contributed by atoms with van der Waals surface area (Å²) < 4.78 is 0. The predicted molar refractivity (Wildman–Crippen MR) is 95.7 cm³/mol. The molecule has 124 valence electrons. The predicted octanol–water partition coefficient (Wildman–Crippen LogP) is 4.02. The number of halogens is 3. The molecule has 0 radical (unpaired) electrons. The number of hydrogen-bond donors (Lipinski definition) is 0. The van der Waals surface area contributed by atoms with Crippen LogP contribution in [-0.2, 0) is 16.1 Å². The molecule has 24 heavy (non-hydrogen) atoms. The van der Waals surface area contributed by atoms with Crippen molar-refractivity contribution >= 4 is 52.3 Å². The Kier molecular flexibility index (Phi) is 4.99. The highest BCUT2D eigenvalue weighted by Gasteiger charge is 2.34. The summed E-state index contributed by atoms with van der Waals surface area (Å²) in [7, 11) is 0. The Morgan fingerprint density at radius 3 is 2.29 bits per heavy atom. The van der Waals surface area contributed by atoms with Gasteiger partial charge in [0.05, 0.1) is 15.7 Å². The maximum absolute atomic E-state index is 12.5. The highest BCUT2D eigenvalue weighted by molar-refractivity contribution is 6.46. The topological polar surface area (TPSA) is 40.6 Å². The standard InChI is InChI=1S/C17H13Cl3N2O2/c18-12-6-4-11(5-7-12)10-21-8-9-22(17(24)16(21)23)14-3-1-2-13(19)15(14)20/h1-7H,8-10H2. The lowest BCUT2D eigenvalue weighted by Gasteiger charge is -2.34. The van der Waals surface area contributed by atoms with Gasteiger partial charge in [-0.25, -0.2) is 0 Å². The Bertz CT molecular complexity index is 793. The van der Waals surface area contributed by atoms with Crippen molar-refractivity contribution in [2.75, 3.05) is 18.0 Å². The van der Waals surface area contributed by atoms with Crippen LogP contribution >= 0.6 is 34.8 Å². The van der Waals surface area contributed by atoms with E-state index >= 15 is 0 Å². The highest BCUT2D eigenvalue weighted by Crippen LogP contribution is 2.33. The van der Waals surface area contributed by atoms with Crippen LogP contribution in [-0.4, -0.2) is 29.8 Å². The molecule has 0 bridgehead atoms. The molecule has 2 amide bonds. The second kappa shape index (κ2) is 7.01. The van der Waals surface area contributed by atoms with Gasteiger partial charge in [0.25, 0.3) is 0 Å². The second-order valence-corrected chi connectivity index (χ2v) is 6.60. The fourth-order valence-electron chi connectivity index (χ4n) is 2.57. The van der Waals surface area contributed by atoms with E-state index in [1.807, 2.05) is 12.1 Å². The molecular weight excluding hydrogens is 371 g/mol. The molecule has 0 N–H and O–H groups in total. The molecule has 7 heteroatoms. The van der Waals surface area contributed by atoms with Gasteiger partial charge in [0, 0.05) is 24.7 Å². The summed E-state index contributed by atoms with van der Waals surface area (Å²) in [6.07, 6.45) is 0. The average Bonchev–Trinajstić information content (AvgIpc) is 2.57. The summed E-state index contributed by atoms with van der Waals surface area (Å²) in [5, 5.41) is 1.24. The molecular formula is C17H13Cl3N2O2. The molecule has 0 unspecified atom stereocenters. The first-order valence-corrected chi connectivity index (χ1v) is 8.40. The van der Waals surface area contributed by atoms with Gasteiger partial charge in [-0.3, -0.25) is 9.59 Å². The molecule has 0 saturated carbocycles. The number of piperazine rings is 1. The third-order valence-electron chi connectivity index (χ3n) is 3.82. The molecule has 0 aliphatic carbocycles. The van der Waals surface area contributed by atoms with Gasteiger partial charge < -0.3 is 9.80 Å². The Balaban J connectivity index is 1.77. The van der Waals surface area contributed by atoms with E-state index in [1.54, 1.807) is 30.3 Å². The Morgan fingerprint density at radius 1 is 0.875 bits per heavy atom. The fraction of sp³-hybridized carbons (Fsp3) is 0.176. The zero-order valence-corrected chi connectivity index (χ0v) is 14.8. The van der Waals surface area contributed by atoms with Crippen molar-refractivity contribution in [3.05, 3.63) is 63.1 Å². The van der Waals surface area contributed by atoms with Gasteiger partial charge in [0.15, 0.2) is 0 Å². The Labute approximate surface area is 154 Å². The lowest BCUT2D eigenvalue weighted by Crippen LogP contribution is -2.54. The third kappa shape index (κ3) is 3.36. The van der Waals surface area contributed by atoms with Crippen molar-refractivity contribution in [1.29, 1.82) is 0 Å². The van der Waals surface area contributed by atoms with Crippen molar-refractivity contribution in [3.63, 3.8) is 0 Å². The van der Waals surface area contributed by atoms with Crippen LogP contribution in [0.25, 0.3) is 0 Å². The van der Waals surface area contributed by atoms with Gasteiger partial charge in [-0.05, 0) is 29.8 Å². The Morgan fingerprint density at radius 2 is 1.58 bits per heavy atom. The summed E-state index contributed by atoms with van der Waals surface area (Å²) in [6.45, 7) is 1.13. The van der Waals surface area contributed by atoms with Crippen LogP contribution in [0.1, 0.15) is 5.56 Å². The van der Waals surface area contributed by atoms with E-state index in [1.165, 1.54) is 9.80 Å². The van der Waals surface area contributed by atoms with E-state index < -0.39 is 11.8 Å². The molecule has 2 aromatic carbocycles. The van der Waals surface area contributed by atoms with Crippen molar-refractivity contribution in [1.82, 2.24) is 4.90 Å². The quantitative estimate of drug-likeness (QED) is 0.751. The molecule has 1 fully saturated rings. The number of benzene rings is 2. The summed E-state index contributed by atoms with van der Waals surface area (Å²) >= 11 is 18.0. The molecule has 1 heterocycles. The van der Waals surface area contributed by atoms with Crippen LogP contribution in [0.5, 0.6) is 0 Å². The van der Waals surface area contributed by atoms with E-state index in [4.69, 9.17) is 34.8 Å². The normalized spacial score (nSPS) is 15.1. The van der Waals surface area contributed by atoms with Crippen molar-refractivity contribution in [2.45, 2.75) is 6.54 Å². The van der Waals surface area contributed by atoms with Gasteiger partial charge in [-0.1, -0.05) is 53.0 Å². The number of anilines is 1. The largest absolute Gasteiger partial charge is 0.328 e. The van der Waals surface area contributed by atoms with E-state index in [9.17, 15) is 9.59 Å². The molecule has 1 aliphatic heterocycles. The first-order valence-electron chi connectivity index (χ1n) is 7.26. The zero-order chi connectivity index (χ0) is 17.3. The number of nitrogens with zero attached hydrogens (tertiary/aromatic N) is 2. The third-order valence-corrected chi connectivity index (χ3v) is 4.88. The zero-order valence-electron chi connectivity index (χ0n) is 12.5. The molecule has 1 saturated heterocycles. The van der Waals surface area contributed by atoms with Crippen LogP contribution in [0.2, 0.25) is 15.1 Å². The van der Waals surface area contributed by atoms with Crippen molar-refractivity contribution in [2.24, 2.45) is 0 Å². The SMILES string of the molecule is O=C1C(=O)N(c2cccc(Cl)c2Cl)CCN1Cc1ccc(Cl)cc1. The van der Waals surface area contributed by atoms with E-state index in [-0.39, 0.29) is 5.02 Å². The number of amides is 2.